The molecule has 0 radical (unpaired) electrons. The van der Waals surface area contributed by atoms with Gasteiger partial charge in [-0.25, -0.2) is 15.0 Å². The molecule has 6 heteroatoms. The minimum Gasteiger partial charge on any atom is -0.285 e. The number of thioether (sulfide) groups is 1. The van der Waals surface area contributed by atoms with Gasteiger partial charge in [0.2, 0.25) is 0 Å². The Labute approximate surface area is 138 Å². The first-order valence-corrected chi connectivity index (χ1v) is 8.40. The van der Waals surface area contributed by atoms with Gasteiger partial charge in [0.1, 0.15) is 5.82 Å². The molecule has 2 heterocycles. The van der Waals surface area contributed by atoms with E-state index < -0.39 is 0 Å². The molecule has 2 aromatic heterocycles. The van der Waals surface area contributed by atoms with Crippen LogP contribution >= 0.6 is 11.8 Å². The fraction of sp³-hybridized carbons (Fsp3) is 0.294. The zero-order valence-electron chi connectivity index (χ0n) is 13.3. The molecule has 1 unspecified atom stereocenters. The summed E-state index contributed by atoms with van der Waals surface area (Å²) >= 11 is 1.51. The molecular weight excluding hydrogens is 308 g/mol. The molecule has 3 aromatic rings. The average molecular weight is 326 g/mol. The molecule has 118 valence electrons. The molecule has 0 saturated heterocycles. The second-order valence-corrected chi connectivity index (χ2v) is 6.86. The Bertz CT molecular complexity index is 877. The molecule has 0 aliphatic carbocycles. The first-order valence-electron chi connectivity index (χ1n) is 7.52. The monoisotopic (exact) mass is 326 g/mol. The second-order valence-electron chi connectivity index (χ2n) is 5.55. The largest absolute Gasteiger partial charge is 0.285 e. The summed E-state index contributed by atoms with van der Waals surface area (Å²) in [6, 6.07) is 9.28. The number of para-hydroxylation sites is 1. The minimum atomic E-state index is -0.00530. The van der Waals surface area contributed by atoms with Gasteiger partial charge < -0.3 is 0 Å². The van der Waals surface area contributed by atoms with Crippen molar-refractivity contribution < 1.29 is 0 Å². The average Bonchev–Trinajstić information content (AvgIpc) is 2.55. The van der Waals surface area contributed by atoms with E-state index in [0.29, 0.717) is 10.5 Å². The Morgan fingerprint density at radius 3 is 2.43 bits per heavy atom. The molecule has 1 aromatic carbocycles. The first-order chi connectivity index (χ1) is 11.1. The van der Waals surface area contributed by atoms with Crippen molar-refractivity contribution in [3.05, 3.63) is 58.9 Å². The highest BCUT2D eigenvalue weighted by molar-refractivity contribution is 7.99. The van der Waals surface area contributed by atoms with E-state index >= 15 is 0 Å². The van der Waals surface area contributed by atoms with Crippen molar-refractivity contribution in [2.45, 2.75) is 37.2 Å². The van der Waals surface area contributed by atoms with Crippen LogP contribution in [-0.4, -0.2) is 19.5 Å². The van der Waals surface area contributed by atoms with Crippen LogP contribution in [0.25, 0.3) is 10.9 Å². The third-order valence-electron chi connectivity index (χ3n) is 3.52. The summed E-state index contributed by atoms with van der Waals surface area (Å²) < 4.78 is 1.74. The lowest BCUT2D eigenvalue weighted by molar-refractivity contribution is 0.518. The SMILES string of the molecule is CC(Sc1nc2ccccc2c(=O)n1C(C)C)c1ncccn1. The number of benzene rings is 1. The van der Waals surface area contributed by atoms with E-state index in [-0.39, 0.29) is 16.9 Å². The van der Waals surface area contributed by atoms with Gasteiger partial charge in [-0.3, -0.25) is 9.36 Å². The Kier molecular flexibility index (Phi) is 4.43. The maximum Gasteiger partial charge on any atom is 0.262 e. The lowest BCUT2D eigenvalue weighted by atomic mass is 10.2. The maximum atomic E-state index is 12.8. The summed E-state index contributed by atoms with van der Waals surface area (Å²) in [7, 11) is 0. The van der Waals surface area contributed by atoms with E-state index in [4.69, 9.17) is 4.98 Å². The zero-order valence-corrected chi connectivity index (χ0v) is 14.1. The third-order valence-corrected chi connectivity index (χ3v) is 4.59. The van der Waals surface area contributed by atoms with Crippen LogP contribution in [0.5, 0.6) is 0 Å². The Morgan fingerprint density at radius 1 is 1.04 bits per heavy atom. The predicted octanol–water partition coefficient (Wildman–Crippen LogP) is 3.62. The summed E-state index contributed by atoms with van der Waals surface area (Å²) in [5.74, 6) is 0.732. The highest BCUT2D eigenvalue weighted by Crippen LogP contribution is 2.32. The van der Waals surface area contributed by atoms with Crippen LogP contribution in [-0.2, 0) is 0 Å². The van der Waals surface area contributed by atoms with Gasteiger partial charge in [0.05, 0.1) is 16.2 Å². The highest BCUT2D eigenvalue weighted by Gasteiger charge is 2.18. The van der Waals surface area contributed by atoms with E-state index in [1.807, 2.05) is 45.0 Å². The van der Waals surface area contributed by atoms with Crippen molar-refractivity contribution in [2.24, 2.45) is 0 Å². The van der Waals surface area contributed by atoms with Crippen LogP contribution in [0.15, 0.2) is 52.7 Å². The molecular formula is C17H18N4OS. The number of rotatable bonds is 4. The van der Waals surface area contributed by atoms with Gasteiger partial charge in [0.15, 0.2) is 5.16 Å². The summed E-state index contributed by atoms with van der Waals surface area (Å²) in [6.45, 7) is 6.00. The molecule has 0 spiro atoms. The summed E-state index contributed by atoms with van der Waals surface area (Å²) in [5, 5.41) is 1.35. The smallest absolute Gasteiger partial charge is 0.262 e. The van der Waals surface area contributed by atoms with E-state index in [0.717, 1.165) is 11.3 Å². The van der Waals surface area contributed by atoms with Gasteiger partial charge in [-0.05, 0) is 39.0 Å². The number of nitrogens with zero attached hydrogens (tertiary/aromatic N) is 4. The van der Waals surface area contributed by atoms with E-state index in [1.165, 1.54) is 11.8 Å². The van der Waals surface area contributed by atoms with Crippen molar-refractivity contribution in [1.29, 1.82) is 0 Å². The van der Waals surface area contributed by atoms with E-state index in [9.17, 15) is 4.79 Å². The fourth-order valence-electron chi connectivity index (χ4n) is 2.40. The molecule has 0 amide bonds. The zero-order chi connectivity index (χ0) is 16.4. The molecule has 23 heavy (non-hydrogen) atoms. The minimum absolute atomic E-state index is 0.00530. The van der Waals surface area contributed by atoms with Crippen LogP contribution in [0.1, 0.15) is 37.9 Å². The standard InChI is InChI=1S/C17H18N4OS/c1-11(2)21-16(22)13-7-4-5-8-14(13)20-17(21)23-12(3)15-18-9-6-10-19-15/h4-12H,1-3H3. The van der Waals surface area contributed by atoms with Crippen molar-refractivity contribution in [3.8, 4) is 0 Å². The van der Waals surface area contributed by atoms with Crippen LogP contribution < -0.4 is 5.56 Å². The third kappa shape index (κ3) is 3.12. The van der Waals surface area contributed by atoms with Gasteiger partial charge in [-0.15, -0.1) is 0 Å². The van der Waals surface area contributed by atoms with Gasteiger partial charge in [-0.1, -0.05) is 23.9 Å². The normalized spacial score (nSPS) is 12.7. The number of hydrogen-bond donors (Lipinski definition) is 0. The van der Waals surface area contributed by atoms with E-state index in [2.05, 4.69) is 9.97 Å². The molecule has 0 fully saturated rings. The highest BCUT2D eigenvalue weighted by atomic mass is 32.2. The molecule has 1 atom stereocenters. The number of fused-ring (bicyclic) bond motifs is 1. The first kappa shape index (κ1) is 15.7. The maximum absolute atomic E-state index is 12.8. The molecule has 5 nitrogen and oxygen atoms in total. The fourth-order valence-corrected chi connectivity index (χ4v) is 3.50. The molecule has 0 bridgehead atoms. The van der Waals surface area contributed by atoms with Crippen molar-refractivity contribution >= 4 is 22.7 Å². The van der Waals surface area contributed by atoms with Crippen molar-refractivity contribution in [1.82, 2.24) is 19.5 Å². The van der Waals surface area contributed by atoms with Gasteiger partial charge >= 0.3 is 0 Å². The molecule has 0 aliphatic rings. The van der Waals surface area contributed by atoms with Gasteiger partial charge in [0, 0.05) is 18.4 Å². The molecule has 0 aliphatic heterocycles. The van der Waals surface area contributed by atoms with Crippen LogP contribution in [0.2, 0.25) is 0 Å². The molecule has 0 saturated carbocycles. The summed E-state index contributed by atoms with van der Waals surface area (Å²) in [5.41, 5.74) is 0.715. The number of hydrogen-bond acceptors (Lipinski definition) is 5. The molecule has 3 rings (SSSR count). The summed E-state index contributed by atoms with van der Waals surface area (Å²) in [6.07, 6.45) is 3.45. The predicted molar refractivity (Wildman–Crippen MR) is 92.7 cm³/mol. The lowest BCUT2D eigenvalue weighted by Gasteiger charge is -2.18. The van der Waals surface area contributed by atoms with Crippen LogP contribution in [0.3, 0.4) is 0 Å². The van der Waals surface area contributed by atoms with Crippen molar-refractivity contribution in [3.63, 3.8) is 0 Å². The number of aromatic nitrogens is 4. The Morgan fingerprint density at radius 2 is 1.74 bits per heavy atom. The van der Waals surface area contributed by atoms with Crippen LogP contribution in [0, 0.1) is 0 Å². The molecule has 0 N–H and O–H groups in total. The van der Waals surface area contributed by atoms with E-state index in [1.54, 1.807) is 23.0 Å². The topological polar surface area (TPSA) is 60.7 Å². The second kappa shape index (κ2) is 6.50. The summed E-state index contributed by atoms with van der Waals surface area (Å²) in [4.78, 5) is 26.1. The quantitative estimate of drug-likeness (QED) is 0.541. The van der Waals surface area contributed by atoms with Crippen molar-refractivity contribution in [2.75, 3.05) is 0 Å². The van der Waals surface area contributed by atoms with Gasteiger partial charge in [-0.2, -0.15) is 0 Å². The Balaban J connectivity index is 2.09. The van der Waals surface area contributed by atoms with Crippen LogP contribution in [0.4, 0.5) is 0 Å². The van der Waals surface area contributed by atoms with Gasteiger partial charge in [0.25, 0.3) is 5.56 Å². The Hall–Kier alpha value is -2.21. The lowest BCUT2D eigenvalue weighted by Crippen LogP contribution is -2.25.